The number of hydrogen-bond donors (Lipinski definition) is 1. The summed E-state index contributed by atoms with van der Waals surface area (Å²) in [5.41, 5.74) is 4.84. The number of aryl methyl sites for hydroxylation is 1. The van der Waals surface area contributed by atoms with Crippen LogP contribution in [-0.4, -0.2) is 33.6 Å². The molecule has 2 aromatic rings. The maximum Gasteiger partial charge on any atom is 0.314 e. The Labute approximate surface area is 153 Å². The van der Waals surface area contributed by atoms with Crippen LogP contribution in [0.1, 0.15) is 49.4 Å². The monoisotopic (exact) mass is 349 g/mol. The number of benzene rings is 1. The van der Waals surface area contributed by atoms with Gasteiger partial charge in [0.1, 0.15) is 0 Å². The lowest BCUT2D eigenvalue weighted by molar-refractivity contribution is -0.140. The molecule has 0 amide bonds. The number of carboxylic acids is 1. The van der Waals surface area contributed by atoms with Crippen molar-refractivity contribution in [1.29, 1.82) is 0 Å². The molecule has 0 spiro atoms. The van der Waals surface area contributed by atoms with Gasteiger partial charge < -0.3 is 10.0 Å². The fraction of sp³-hybridized carbons (Fsp3) is 0.476. The van der Waals surface area contributed by atoms with Gasteiger partial charge in [-0.2, -0.15) is 0 Å². The van der Waals surface area contributed by atoms with E-state index in [2.05, 4.69) is 11.8 Å². The second-order valence-corrected chi connectivity index (χ2v) is 7.95. The molecule has 5 heteroatoms. The minimum atomic E-state index is -0.706. The van der Waals surface area contributed by atoms with Crippen molar-refractivity contribution in [3.8, 4) is 11.3 Å². The number of carboxylic acid groups (broad SMARTS) is 1. The van der Waals surface area contributed by atoms with E-state index in [1.165, 1.54) is 17.7 Å². The largest absolute Gasteiger partial charge is 0.481 e. The predicted octanol–water partition coefficient (Wildman–Crippen LogP) is 3.35. The highest BCUT2D eigenvalue weighted by Gasteiger charge is 2.51. The van der Waals surface area contributed by atoms with Crippen molar-refractivity contribution in [2.45, 2.75) is 56.9 Å². The highest BCUT2D eigenvalue weighted by atomic mass is 16.4. The summed E-state index contributed by atoms with van der Waals surface area (Å²) in [7, 11) is 0. The summed E-state index contributed by atoms with van der Waals surface area (Å²) in [5, 5.41) is 9.50. The van der Waals surface area contributed by atoms with Crippen molar-refractivity contribution in [2.24, 2.45) is 0 Å². The minimum absolute atomic E-state index is 0.509. The normalized spacial score (nSPS) is 22.7. The first-order chi connectivity index (χ1) is 12.6. The highest BCUT2D eigenvalue weighted by Crippen LogP contribution is 2.48. The van der Waals surface area contributed by atoms with Gasteiger partial charge in [-0.15, -0.1) is 0 Å². The number of aromatic nitrogens is 2. The molecule has 2 fully saturated rings. The van der Waals surface area contributed by atoms with Crippen molar-refractivity contribution in [1.82, 2.24) is 9.97 Å². The number of anilines is 1. The summed E-state index contributed by atoms with van der Waals surface area (Å²) in [6, 6.07) is 8.55. The van der Waals surface area contributed by atoms with Crippen LogP contribution >= 0.6 is 0 Å². The molecular weight excluding hydrogens is 326 g/mol. The summed E-state index contributed by atoms with van der Waals surface area (Å²) in [6.45, 7) is 3.25. The van der Waals surface area contributed by atoms with E-state index in [1.54, 1.807) is 0 Å². The summed E-state index contributed by atoms with van der Waals surface area (Å²) in [4.78, 5) is 23.6. The van der Waals surface area contributed by atoms with Crippen LogP contribution in [0, 0.1) is 0 Å². The molecule has 1 aromatic heterocycles. The molecule has 1 aliphatic heterocycles. The van der Waals surface area contributed by atoms with Gasteiger partial charge in [0.2, 0.25) is 5.95 Å². The number of carbonyl (C=O) groups is 1. The predicted molar refractivity (Wildman–Crippen MR) is 99.5 cm³/mol. The molecule has 0 unspecified atom stereocenters. The summed E-state index contributed by atoms with van der Waals surface area (Å²) in [5.74, 6) is 0.148. The zero-order chi connectivity index (χ0) is 17.9. The zero-order valence-electron chi connectivity index (χ0n) is 15.0. The summed E-state index contributed by atoms with van der Waals surface area (Å²) in [6.07, 6.45) is 5.86. The molecule has 2 aliphatic carbocycles. The van der Waals surface area contributed by atoms with Gasteiger partial charge in [-0.3, -0.25) is 4.79 Å². The molecule has 1 N–H and O–H groups in total. The number of hydrogen-bond acceptors (Lipinski definition) is 4. The number of rotatable bonds is 4. The van der Waals surface area contributed by atoms with Crippen molar-refractivity contribution < 1.29 is 9.90 Å². The van der Waals surface area contributed by atoms with Crippen molar-refractivity contribution in [2.75, 3.05) is 11.4 Å². The lowest BCUT2D eigenvalue weighted by Gasteiger charge is -2.39. The Hall–Kier alpha value is -2.43. The van der Waals surface area contributed by atoms with Gasteiger partial charge in [0, 0.05) is 29.4 Å². The van der Waals surface area contributed by atoms with E-state index in [9.17, 15) is 9.90 Å². The smallest absolute Gasteiger partial charge is 0.314 e. The van der Waals surface area contributed by atoms with E-state index in [0.717, 1.165) is 61.4 Å². The fourth-order valence-corrected chi connectivity index (χ4v) is 4.30. The van der Waals surface area contributed by atoms with E-state index < -0.39 is 11.4 Å². The van der Waals surface area contributed by atoms with E-state index in [1.807, 2.05) is 24.3 Å². The average Bonchev–Trinajstić information content (AvgIpc) is 3.32. The Kier molecular flexibility index (Phi) is 3.36. The first kappa shape index (κ1) is 15.8. The van der Waals surface area contributed by atoms with Gasteiger partial charge in [-0.1, -0.05) is 24.3 Å². The van der Waals surface area contributed by atoms with E-state index >= 15 is 0 Å². The van der Waals surface area contributed by atoms with Crippen LogP contribution in [-0.2, 0) is 23.1 Å². The summed E-state index contributed by atoms with van der Waals surface area (Å²) < 4.78 is 0. The Balaban J connectivity index is 1.54. The molecule has 5 rings (SSSR count). The molecule has 1 saturated carbocycles. The molecule has 26 heavy (non-hydrogen) atoms. The quantitative estimate of drug-likeness (QED) is 0.917. The third-order valence-corrected chi connectivity index (χ3v) is 6.37. The fourth-order valence-electron chi connectivity index (χ4n) is 4.30. The minimum Gasteiger partial charge on any atom is -0.481 e. The molecular formula is C21H23N3O2. The van der Waals surface area contributed by atoms with Crippen LogP contribution in [0.15, 0.2) is 24.3 Å². The van der Waals surface area contributed by atoms with Crippen LogP contribution in [0.2, 0.25) is 0 Å². The van der Waals surface area contributed by atoms with Crippen LogP contribution in [0.25, 0.3) is 11.3 Å². The maximum atomic E-state index is 11.6. The molecule has 2 heterocycles. The molecule has 0 bridgehead atoms. The molecule has 1 aromatic carbocycles. The van der Waals surface area contributed by atoms with Crippen molar-refractivity contribution in [3.05, 3.63) is 41.1 Å². The van der Waals surface area contributed by atoms with Gasteiger partial charge in [0.15, 0.2) is 0 Å². The molecule has 0 radical (unpaired) electrons. The number of aliphatic carboxylic acids is 1. The molecule has 134 valence electrons. The maximum absolute atomic E-state index is 11.6. The Morgan fingerprint density at radius 3 is 2.54 bits per heavy atom. The van der Waals surface area contributed by atoms with Crippen molar-refractivity contribution >= 4 is 11.9 Å². The van der Waals surface area contributed by atoms with E-state index in [0.29, 0.717) is 6.04 Å². The molecule has 1 saturated heterocycles. The second kappa shape index (κ2) is 5.53. The Bertz CT molecular complexity index is 887. The van der Waals surface area contributed by atoms with E-state index in [4.69, 9.17) is 9.97 Å². The van der Waals surface area contributed by atoms with Gasteiger partial charge in [-0.25, -0.2) is 9.97 Å². The van der Waals surface area contributed by atoms with Gasteiger partial charge >= 0.3 is 5.97 Å². The molecule has 3 aliphatic rings. The topological polar surface area (TPSA) is 66.3 Å². The van der Waals surface area contributed by atoms with Crippen LogP contribution in [0.5, 0.6) is 0 Å². The number of fused-ring (bicyclic) bond motifs is 1. The Morgan fingerprint density at radius 1 is 1.19 bits per heavy atom. The van der Waals surface area contributed by atoms with Gasteiger partial charge in [-0.05, 0) is 51.0 Å². The van der Waals surface area contributed by atoms with Gasteiger partial charge in [0.25, 0.3) is 0 Å². The van der Waals surface area contributed by atoms with Crippen LogP contribution < -0.4 is 4.90 Å². The second-order valence-electron chi connectivity index (χ2n) is 7.95. The zero-order valence-corrected chi connectivity index (χ0v) is 15.0. The summed E-state index contributed by atoms with van der Waals surface area (Å²) >= 11 is 0. The third-order valence-electron chi connectivity index (χ3n) is 6.37. The highest BCUT2D eigenvalue weighted by molar-refractivity contribution is 5.85. The lowest BCUT2D eigenvalue weighted by Crippen LogP contribution is -2.46. The van der Waals surface area contributed by atoms with E-state index in [-0.39, 0.29) is 0 Å². The standard InChI is InChI=1S/C21H23N3O2/c1-13-9-12-24(13)20-22-17-4-2-3-16(17)18(23-20)14-5-7-15(8-6-14)21(10-11-21)19(25)26/h5-8,13H,2-4,9-12H2,1H3,(H,25,26)/t13-/m0/s1. The SMILES string of the molecule is C[C@H]1CCN1c1nc2c(c(-c3ccc(C4(C(=O)O)CC4)cc3)n1)CCC2. The van der Waals surface area contributed by atoms with Crippen molar-refractivity contribution in [3.63, 3.8) is 0 Å². The van der Waals surface area contributed by atoms with Crippen LogP contribution in [0.4, 0.5) is 5.95 Å². The van der Waals surface area contributed by atoms with Crippen LogP contribution in [0.3, 0.4) is 0 Å². The molecule has 5 nitrogen and oxygen atoms in total. The van der Waals surface area contributed by atoms with Gasteiger partial charge in [0.05, 0.1) is 11.1 Å². The number of nitrogens with zero attached hydrogens (tertiary/aromatic N) is 3. The first-order valence-corrected chi connectivity index (χ1v) is 9.59. The molecule has 1 atom stereocenters. The average molecular weight is 349 g/mol. The first-order valence-electron chi connectivity index (χ1n) is 9.59. The third kappa shape index (κ3) is 2.26. The Morgan fingerprint density at radius 2 is 1.96 bits per heavy atom. The lowest BCUT2D eigenvalue weighted by atomic mass is 9.94.